The summed E-state index contributed by atoms with van der Waals surface area (Å²) in [6.07, 6.45) is 3.87. The van der Waals surface area contributed by atoms with Crippen LogP contribution in [0.25, 0.3) is 189 Å². The number of pyridine rings is 2. The number of benzene rings is 14. The molecule has 0 aliphatic heterocycles. The van der Waals surface area contributed by atoms with E-state index in [-0.39, 0.29) is 0 Å². The van der Waals surface area contributed by atoms with Gasteiger partial charge in [0.05, 0.1) is 67.4 Å². The van der Waals surface area contributed by atoms with Crippen molar-refractivity contribution in [2.24, 2.45) is 0 Å². The van der Waals surface area contributed by atoms with Gasteiger partial charge in [0, 0.05) is 94.2 Å². The highest BCUT2D eigenvalue weighted by atomic mass is 15.0. The highest BCUT2D eigenvalue weighted by molar-refractivity contribution is 6.15. The van der Waals surface area contributed by atoms with Gasteiger partial charge < -0.3 is 18.3 Å². The summed E-state index contributed by atoms with van der Waals surface area (Å²) in [6.45, 7) is 2.14. The summed E-state index contributed by atoms with van der Waals surface area (Å²) in [5.41, 5.74) is 26.5. The lowest BCUT2D eigenvalue weighted by molar-refractivity contribution is 1.07. The summed E-state index contributed by atoms with van der Waals surface area (Å²) in [6, 6.07) is 129. The Morgan fingerprint density at radius 3 is 0.879 bits per heavy atom. The Balaban J connectivity index is 0.000000143. The van der Waals surface area contributed by atoms with Gasteiger partial charge in [-0.25, -0.2) is 15.0 Å². The Morgan fingerprint density at radius 2 is 0.495 bits per heavy atom. The van der Waals surface area contributed by atoms with Crippen LogP contribution in [-0.4, -0.2) is 43.2 Å². The molecule has 0 fully saturated rings. The molecule has 21 aromatic rings. The quantitative estimate of drug-likeness (QED) is 0.129. The zero-order valence-electron chi connectivity index (χ0n) is 58.3. The first-order chi connectivity index (χ1) is 53.0. The topological polar surface area (TPSA) is 84.2 Å². The van der Waals surface area contributed by atoms with E-state index in [4.69, 9.17) is 24.9 Å². The maximum atomic E-state index is 5.06. The molecule has 0 saturated carbocycles. The van der Waals surface area contributed by atoms with Crippen molar-refractivity contribution in [3.05, 3.63) is 382 Å². The first kappa shape index (κ1) is 62.4. The fourth-order valence-electron chi connectivity index (χ4n) is 15.8. The summed E-state index contributed by atoms with van der Waals surface area (Å²) in [7, 11) is 0. The molecule has 0 saturated heterocycles. The molecule has 0 spiro atoms. The lowest BCUT2D eigenvalue weighted by Crippen LogP contribution is -2.01. The van der Waals surface area contributed by atoms with Gasteiger partial charge in [-0.2, -0.15) is 0 Å². The summed E-state index contributed by atoms with van der Waals surface area (Å²) in [5, 5.41) is 9.84. The van der Waals surface area contributed by atoms with E-state index in [0.29, 0.717) is 17.5 Å². The van der Waals surface area contributed by atoms with Gasteiger partial charge in [0.1, 0.15) is 0 Å². The van der Waals surface area contributed by atoms with Crippen LogP contribution in [0, 0.1) is 6.92 Å². The molecule has 7 aromatic heterocycles. The molecular weight excluding hydrogens is 1300 g/mol. The molecule has 0 amide bonds. The highest BCUT2D eigenvalue weighted by Gasteiger charge is 2.21. The molecule has 21 rings (SSSR count). The number of nitrogens with zero attached hydrogens (tertiary/aromatic N) is 9. The van der Waals surface area contributed by atoms with Gasteiger partial charge in [-0.05, 0) is 174 Å². The van der Waals surface area contributed by atoms with E-state index in [1.54, 1.807) is 0 Å². The first-order valence-electron chi connectivity index (χ1n) is 36.2. The largest absolute Gasteiger partial charge is 0.309 e. The van der Waals surface area contributed by atoms with E-state index in [1.807, 2.05) is 91.3 Å². The number of aryl methyl sites for hydroxylation is 1. The van der Waals surface area contributed by atoms with Crippen LogP contribution >= 0.6 is 0 Å². The molecule has 0 aliphatic carbocycles. The van der Waals surface area contributed by atoms with E-state index in [9.17, 15) is 0 Å². The zero-order chi connectivity index (χ0) is 70.9. The normalized spacial score (nSPS) is 11.6. The van der Waals surface area contributed by atoms with Crippen LogP contribution in [0.4, 0.5) is 0 Å². The first-order valence-corrected chi connectivity index (χ1v) is 36.2. The van der Waals surface area contributed by atoms with Crippen LogP contribution in [0.2, 0.25) is 0 Å². The third-order valence-corrected chi connectivity index (χ3v) is 20.8. The number of hydrogen-bond donors (Lipinski definition) is 0. The van der Waals surface area contributed by atoms with Crippen molar-refractivity contribution >= 4 is 87.2 Å². The van der Waals surface area contributed by atoms with Gasteiger partial charge in [-0.15, -0.1) is 0 Å². The number of para-hydroxylation sites is 6. The summed E-state index contributed by atoms with van der Waals surface area (Å²) < 4.78 is 9.42. The monoisotopic (exact) mass is 1370 g/mol. The number of aromatic nitrogens is 9. The maximum absolute atomic E-state index is 5.06. The minimum atomic E-state index is 0.639. The Kier molecular flexibility index (Phi) is 15.2. The third-order valence-electron chi connectivity index (χ3n) is 20.8. The lowest BCUT2D eigenvalue weighted by atomic mass is 10.0. The summed E-state index contributed by atoms with van der Waals surface area (Å²) in [4.78, 5) is 24.7. The van der Waals surface area contributed by atoms with E-state index < -0.39 is 0 Å². The molecule has 14 aromatic carbocycles. The molecular formula is C98H65N9. The Hall–Kier alpha value is -14.4. The van der Waals surface area contributed by atoms with Crippen molar-refractivity contribution in [1.29, 1.82) is 0 Å². The molecule has 0 unspecified atom stereocenters. The molecule has 9 heteroatoms. The van der Waals surface area contributed by atoms with E-state index in [0.717, 1.165) is 83.9 Å². The van der Waals surface area contributed by atoms with Crippen LogP contribution in [0.5, 0.6) is 0 Å². The maximum Gasteiger partial charge on any atom is 0.164 e. The average Bonchev–Trinajstić information content (AvgIpc) is 1.60. The van der Waals surface area contributed by atoms with Crippen LogP contribution in [0.15, 0.2) is 376 Å². The summed E-state index contributed by atoms with van der Waals surface area (Å²) >= 11 is 0. The summed E-state index contributed by atoms with van der Waals surface area (Å²) in [5.74, 6) is 1.93. The predicted octanol–water partition coefficient (Wildman–Crippen LogP) is 24.7. The molecule has 0 aliphatic rings. The van der Waals surface area contributed by atoms with Crippen molar-refractivity contribution in [1.82, 2.24) is 43.2 Å². The molecule has 0 radical (unpaired) electrons. The van der Waals surface area contributed by atoms with E-state index in [2.05, 4.69) is 310 Å². The molecule has 0 N–H and O–H groups in total. The molecule has 502 valence electrons. The van der Waals surface area contributed by atoms with Crippen molar-refractivity contribution in [3.8, 4) is 102 Å². The molecule has 0 atom stereocenters. The van der Waals surface area contributed by atoms with Crippen molar-refractivity contribution in [2.45, 2.75) is 6.92 Å². The molecule has 0 bridgehead atoms. The fourth-order valence-corrected chi connectivity index (χ4v) is 15.8. The van der Waals surface area contributed by atoms with Crippen LogP contribution < -0.4 is 0 Å². The minimum absolute atomic E-state index is 0.639. The number of hydrogen-bond acceptors (Lipinski definition) is 5. The minimum Gasteiger partial charge on any atom is -0.309 e. The SMILES string of the molecule is Cc1cc(-c2nc(-c3ccccc3)nc(-c3ccccc3)n2)cc(-n2c3ccccc3c3cc(-c4ccc5c(c4)c4ccccc4n5-c4ccccc4)ccc32)c1.c1ccc(-c2ccc(-c3ccc(-n4c5ccccc5c5cc(-c6ccc7c(c6)c6ccccc6n7-c6ccccc6)ccc54)cn3)cn2)cc1. The van der Waals surface area contributed by atoms with Gasteiger partial charge in [0.25, 0.3) is 0 Å². The van der Waals surface area contributed by atoms with E-state index in [1.165, 1.54) is 93.1 Å². The van der Waals surface area contributed by atoms with Gasteiger partial charge in [0.2, 0.25) is 0 Å². The Morgan fingerprint density at radius 1 is 0.187 bits per heavy atom. The van der Waals surface area contributed by atoms with Gasteiger partial charge in [-0.3, -0.25) is 9.97 Å². The molecule has 9 nitrogen and oxygen atoms in total. The molecule has 7 heterocycles. The number of rotatable bonds is 11. The van der Waals surface area contributed by atoms with Crippen molar-refractivity contribution in [3.63, 3.8) is 0 Å². The smallest absolute Gasteiger partial charge is 0.164 e. The lowest BCUT2D eigenvalue weighted by Gasteiger charge is -2.13. The second-order valence-electron chi connectivity index (χ2n) is 27.3. The second-order valence-corrected chi connectivity index (χ2v) is 27.3. The van der Waals surface area contributed by atoms with Gasteiger partial charge in [0.15, 0.2) is 17.5 Å². The van der Waals surface area contributed by atoms with Crippen molar-refractivity contribution in [2.75, 3.05) is 0 Å². The Bertz CT molecular complexity index is 6900. The van der Waals surface area contributed by atoms with Crippen molar-refractivity contribution < 1.29 is 0 Å². The van der Waals surface area contributed by atoms with Crippen LogP contribution in [0.1, 0.15) is 5.56 Å². The predicted molar refractivity (Wildman–Crippen MR) is 442 cm³/mol. The highest BCUT2D eigenvalue weighted by Crippen LogP contribution is 2.42. The zero-order valence-corrected chi connectivity index (χ0v) is 58.3. The fraction of sp³-hybridized carbons (Fsp3) is 0.0102. The number of fused-ring (bicyclic) bond motifs is 12. The van der Waals surface area contributed by atoms with E-state index >= 15 is 0 Å². The average molecular weight is 1370 g/mol. The van der Waals surface area contributed by atoms with Crippen LogP contribution in [0.3, 0.4) is 0 Å². The third kappa shape index (κ3) is 11.1. The standard InChI is InChI=1S/C52H35N5.C46H30N4/c1-34-29-39(52-54-50(35-15-5-2-6-16-35)53-51(55-52)36-17-7-3-8-18-36)31-41(30-34)57-47-24-14-12-22-43(47)45-33-38(26-28-49(45)57)37-25-27-48-44(32-37)42-21-11-13-23-46(42)56(48)40-19-9-4-10-20-40;1-3-11-31(12-4-1)41-23-19-34(29-47-41)42-24-22-36(30-48-42)50-44-18-10-8-16-38(44)40-28-33(21-26-46(40)50)32-20-25-45-39(27-32)37-15-7-9-17-43(37)49(45)35-13-5-2-6-14-35/h2-33H,1H3;1-30H. The Labute approximate surface area is 617 Å². The van der Waals surface area contributed by atoms with Crippen LogP contribution in [-0.2, 0) is 0 Å². The second kappa shape index (κ2) is 26.1. The molecule has 107 heavy (non-hydrogen) atoms. The van der Waals surface area contributed by atoms with Gasteiger partial charge >= 0.3 is 0 Å². The van der Waals surface area contributed by atoms with Gasteiger partial charge in [-0.1, -0.05) is 224 Å².